The lowest BCUT2D eigenvalue weighted by Gasteiger charge is -2.40. The Kier molecular flexibility index (Phi) is 5.98. The molecule has 1 saturated carbocycles. The maximum atomic E-state index is 2.55. The topological polar surface area (TPSA) is 0 Å². The summed E-state index contributed by atoms with van der Waals surface area (Å²) >= 11 is 0. The summed E-state index contributed by atoms with van der Waals surface area (Å²) in [6.45, 7) is 0. The van der Waals surface area contributed by atoms with Crippen LogP contribution in [0.3, 0.4) is 0 Å². The van der Waals surface area contributed by atoms with Crippen molar-refractivity contribution in [2.24, 2.45) is 11.8 Å². The Morgan fingerprint density at radius 1 is 0.394 bits per heavy atom. The molecule has 0 saturated heterocycles. The van der Waals surface area contributed by atoms with Gasteiger partial charge in [-0.3, -0.25) is 0 Å². The lowest BCUT2D eigenvalue weighted by molar-refractivity contribution is 0.695. The number of fused-ring (bicyclic) bond motifs is 2. The second-order valence-corrected chi connectivity index (χ2v) is 13.7. The predicted molar refractivity (Wildman–Crippen MR) is 146 cm³/mol. The Hall–Kier alpha value is -2.52. The average molecular weight is 463 g/mol. The number of benzene rings is 4. The second-order valence-electron chi connectivity index (χ2n) is 9.01. The van der Waals surface area contributed by atoms with Crippen molar-refractivity contribution in [2.45, 2.75) is 17.7 Å². The molecule has 0 radical (unpaired) electrons. The van der Waals surface area contributed by atoms with E-state index in [1.807, 2.05) is 0 Å². The van der Waals surface area contributed by atoms with Crippen LogP contribution >= 0.6 is 15.8 Å². The number of hydrogen-bond acceptors (Lipinski definition) is 0. The Bertz CT molecular complexity index is 1030. The van der Waals surface area contributed by atoms with Crippen LogP contribution in [0.25, 0.3) is 0 Å². The minimum absolute atomic E-state index is 0.454. The molecule has 0 N–H and O–H groups in total. The molecule has 162 valence electrons. The maximum absolute atomic E-state index is 2.55. The van der Waals surface area contributed by atoms with Gasteiger partial charge in [0.05, 0.1) is 0 Å². The highest BCUT2D eigenvalue weighted by molar-refractivity contribution is 7.77. The van der Waals surface area contributed by atoms with Gasteiger partial charge in [-0.05, 0) is 55.3 Å². The summed E-state index contributed by atoms with van der Waals surface area (Å²) in [5.41, 5.74) is 1.32. The molecule has 2 aliphatic rings. The fourth-order valence-corrected chi connectivity index (χ4v) is 12.8. The Labute approximate surface area is 199 Å². The van der Waals surface area contributed by atoms with Gasteiger partial charge in [-0.1, -0.05) is 133 Å². The van der Waals surface area contributed by atoms with Crippen LogP contribution in [0.15, 0.2) is 133 Å². The van der Waals surface area contributed by atoms with Gasteiger partial charge in [0.25, 0.3) is 0 Å². The van der Waals surface area contributed by atoms with Crippen molar-refractivity contribution in [3.8, 4) is 0 Å². The average Bonchev–Trinajstić information content (AvgIpc) is 3.50. The minimum atomic E-state index is -0.454. The molecule has 0 nitrogen and oxygen atoms in total. The van der Waals surface area contributed by atoms with Crippen molar-refractivity contribution in [1.82, 2.24) is 0 Å². The van der Waals surface area contributed by atoms with E-state index in [-0.39, 0.29) is 0 Å². The van der Waals surface area contributed by atoms with E-state index in [4.69, 9.17) is 0 Å². The fourth-order valence-electron chi connectivity index (χ4n) is 5.80. The number of rotatable bonds is 6. The van der Waals surface area contributed by atoms with Crippen molar-refractivity contribution >= 4 is 37.1 Å². The summed E-state index contributed by atoms with van der Waals surface area (Å²) in [5.74, 6) is 1.34. The summed E-state index contributed by atoms with van der Waals surface area (Å²) in [5, 5.41) is 6.08. The zero-order valence-corrected chi connectivity index (χ0v) is 20.4. The molecule has 1 fully saturated rings. The standard InChI is InChI=1S/C31H28P2/c1-5-13-26(14-6-1)32(27-15-7-2-8-16-27)30-24-21-22-25(23-24)31(30)33(28-17-9-3-10-18-28)29-19-11-4-12-20-29/h1-22,24-25,30-31H,23H2/t24-,25?,30-,31-/m0/s1. The largest absolute Gasteiger partial charge is 0.0844 e. The maximum Gasteiger partial charge on any atom is 0.00137 e. The van der Waals surface area contributed by atoms with Crippen LogP contribution in [0, 0.1) is 11.8 Å². The number of hydrogen-bond donors (Lipinski definition) is 0. The normalized spacial score (nSPS) is 23.5. The summed E-state index contributed by atoms with van der Waals surface area (Å²) < 4.78 is 0. The number of allylic oxidation sites excluding steroid dienone is 2. The molecule has 2 heteroatoms. The summed E-state index contributed by atoms with van der Waals surface area (Å²) in [6.07, 6.45) is 6.42. The van der Waals surface area contributed by atoms with Crippen LogP contribution in [0.2, 0.25) is 0 Å². The highest BCUT2D eigenvalue weighted by Crippen LogP contribution is 2.64. The zero-order chi connectivity index (χ0) is 22.0. The smallest absolute Gasteiger partial charge is 0.00137 e. The van der Waals surface area contributed by atoms with E-state index in [1.54, 1.807) is 0 Å². The van der Waals surface area contributed by atoms with Gasteiger partial charge in [-0.25, -0.2) is 0 Å². The molecule has 4 atom stereocenters. The molecule has 4 aromatic rings. The van der Waals surface area contributed by atoms with E-state index in [0.717, 1.165) is 0 Å². The van der Waals surface area contributed by atoms with Crippen molar-refractivity contribution < 1.29 is 0 Å². The Morgan fingerprint density at radius 3 is 0.939 bits per heavy atom. The second kappa shape index (κ2) is 9.38. The van der Waals surface area contributed by atoms with Crippen LogP contribution in [-0.2, 0) is 0 Å². The third-order valence-corrected chi connectivity index (χ3v) is 13.4. The van der Waals surface area contributed by atoms with E-state index in [2.05, 4.69) is 133 Å². The van der Waals surface area contributed by atoms with Gasteiger partial charge in [0.2, 0.25) is 0 Å². The van der Waals surface area contributed by atoms with E-state index < -0.39 is 15.8 Å². The van der Waals surface area contributed by atoms with E-state index >= 15 is 0 Å². The van der Waals surface area contributed by atoms with Gasteiger partial charge in [-0.15, -0.1) is 0 Å². The highest BCUT2D eigenvalue weighted by atomic mass is 31.1. The van der Waals surface area contributed by atoms with Crippen molar-refractivity contribution in [1.29, 1.82) is 0 Å². The van der Waals surface area contributed by atoms with Gasteiger partial charge >= 0.3 is 0 Å². The molecule has 0 aromatic heterocycles. The molecule has 2 bridgehead atoms. The van der Waals surface area contributed by atoms with Crippen LogP contribution in [0.1, 0.15) is 6.42 Å². The monoisotopic (exact) mass is 462 g/mol. The zero-order valence-electron chi connectivity index (χ0n) is 18.6. The predicted octanol–water partition coefficient (Wildman–Crippen LogP) is 6.20. The van der Waals surface area contributed by atoms with Gasteiger partial charge in [0, 0.05) is 11.3 Å². The Balaban J connectivity index is 1.52. The molecular formula is C31H28P2. The Morgan fingerprint density at radius 2 is 0.667 bits per heavy atom. The SMILES string of the molecule is C1=C[C@H]2CC1[C@H](P(c1ccccc1)c1ccccc1)[C@H]2P(c1ccccc1)c1ccccc1. The molecule has 0 heterocycles. The molecule has 4 aromatic carbocycles. The third kappa shape index (κ3) is 4.01. The van der Waals surface area contributed by atoms with Crippen molar-refractivity contribution in [3.05, 3.63) is 133 Å². The summed E-state index contributed by atoms with van der Waals surface area (Å²) in [4.78, 5) is 0. The molecule has 2 aliphatic carbocycles. The van der Waals surface area contributed by atoms with Crippen molar-refractivity contribution in [2.75, 3.05) is 0 Å². The van der Waals surface area contributed by atoms with E-state index in [9.17, 15) is 0 Å². The van der Waals surface area contributed by atoms with Gasteiger partial charge in [0.15, 0.2) is 0 Å². The van der Waals surface area contributed by atoms with Crippen molar-refractivity contribution in [3.63, 3.8) is 0 Å². The molecule has 0 aliphatic heterocycles. The first-order chi connectivity index (χ1) is 16.4. The van der Waals surface area contributed by atoms with Crippen LogP contribution in [0.5, 0.6) is 0 Å². The first-order valence-electron chi connectivity index (χ1n) is 11.9. The minimum Gasteiger partial charge on any atom is -0.0844 e. The molecule has 6 rings (SSSR count). The lowest BCUT2D eigenvalue weighted by Crippen LogP contribution is -2.37. The van der Waals surface area contributed by atoms with E-state index in [1.165, 1.54) is 27.6 Å². The third-order valence-electron chi connectivity index (χ3n) is 7.11. The van der Waals surface area contributed by atoms with Crippen LogP contribution in [0.4, 0.5) is 0 Å². The molecular weight excluding hydrogens is 434 g/mol. The summed E-state index contributed by atoms with van der Waals surface area (Å²) in [6, 6.07) is 45.4. The van der Waals surface area contributed by atoms with Crippen LogP contribution < -0.4 is 21.2 Å². The first-order valence-corrected chi connectivity index (χ1v) is 14.7. The van der Waals surface area contributed by atoms with Gasteiger partial charge in [-0.2, -0.15) is 0 Å². The molecule has 0 spiro atoms. The molecule has 33 heavy (non-hydrogen) atoms. The summed E-state index contributed by atoms with van der Waals surface area (Å²) in [7, 11) is -0.909. The van der Waals surface area contributed by atoms with E-state index in [0.29, 0.717) is 23.2 Å². The fraction of sp³-hybridized carbons (Fsp3) is 0.161. The van der Waals surface area contributed by atoms with Crippen LogP contribution in [-0.4, -0.2) is 11.3 Å². The first kappa shape index (κ1) is 21.0. The van der Waals surface area contributed by atoms with Gasteiger partial charge < -0.3 is 0 Å². The molecule has 0 amide bonds. The quantitative estimate of drug-likeness (QED) is 0.237. The van der Waals surface area contributed by atoms with Gasteiger partial charge in [0.1, 0.15) is 0 Å². The highest BCUT2D eigenvalue weighted by Gasteiger charge is 2.51. The lowest BCUT2D eigenvalue weighted by atomic mass is 10.1. The molecule has 1 unspecified atom stereocenters.